The summed E-state index contributed by atoms with van der Waals surface area (Å²) in [6.07, 6.45) is 2.24. The number of hydrogen-bond acceptors (Lipinski definition) is 3. The monoisotopic (exact) mass is 263 g/mol. The van der Waals surface area contributed by atoms with Crippen molar-refractivity contribution in [2.24, 2.45) is 5.92 Å². The van der Waals surface area contributed by atoms with Gasteiger partial charge < -0.3 is 14.8 Å². The highest BCUT2D eigenvalue weighted by atomic mass is 16.5. The maximum Gasteiger partial charge on any atom is 0.119 e. The Labute approximate surface area is 116 Å². The second-order valence-corrected chi connectivity index (χ2v) is 5.22. The molecule has 1 fully saturated rings. The van der Waals surface area contributed by atoms with Crippen LogP contribution in [0.1, 0.15) is 38.3 Å². The number of hydrogen-bond donors (Lipinski definition) is 1. The molecule has 0 bridgehead atoms. The average Bonchev–Trinajstić information content (AvgIpc) is 2.47. The normalized spacial score (nSPS) is 18.2. The van der Waals surface area contributed by atoms with E-state index in [1.165, 1.54) is 5.56 Å². The quantitative estimate of drug-likeness (QED) is 0.855. The van der Waals surface area contributed by atoms with Gasteiger partial charge in [0.25, 0.3) is 0 Å². The summed E-state index contributed by atoms with van der Waals surface area (Å²) in [6.45, 7) is 7.87. The van der Waals surface area contributed by atoms with Gasteiger partial charge in [-0.1, -0.05) is 19.1 Å². The van der Waals surface area contributed by atoms with E-state index < -0.39 is 0 Å². The zero-order chi connectivity index (χ0) is 13.5. The van der Waals surface area contributed by atoms with Gasteiger partial charge in [-0.2, -0.15) is 0 Å². The van der Waals surface area contributed by atoms with Crippen molar-refractivity contribution < 1.29 is 9.47 Å². The van der Waals surface area contributed by atoms with Crippen molar-refractivity contribution in [3.63, 3.8) is 0 Å². The fraction of sp³-hybridized carbons (Fsp3) is 0.625. The minimum atomic E-state index is 0.398. The highest BCUT2D eigenvalue weighted by Gasteiger charge is 2.14. The van der Waals surface area contributed by atoms with Crippen LogP contribution in [0.5, 0.6) is 5.75 Å². The maximum absolute atomic E-state index is 5.86. The molecule has 3 nitrogen and oxygen atoms in total. The van der Waals surface area contributed by atoms with Gasteiger partial charge >= 0.3 is 0 Å². The van der Waals surface area contributed by atoms with Crippen molar-refractivity contribution in [1.82, 2.24) is 5.32 Å². The molecule has 19 heavy (non-hydrogen) atoms. The highest BCUT2D eigenvalue weighted by Crippen LogP contribution is 2.20. The van der Waals surface area contributed by atoms with E-state index in [1.807, 2.05) is 0 Å². The molecular formula is C16H25NO2. The van der Waals surface area contributed by atoms with Gasteiger partial charge in [-0.15, -0.1) is 0 Å². The van der Waals surface area contributed by atoms with E-state index >= 15 is 0 Å². The average molecular weight is 263 g/mol. The third-order valence-corrected chi connectivity index (χ3v) is 3.72. The zero-order valence-electron chi connectivity index (χ0n) is 12.0. The summed E-state index contributed by atoms with van der Waals surface area (Å²) < 4.78 is 11.2. The molecule has 0 aliphatic carbocycles. The highest BCUT2D eigenvalue weighted by molar-refractivity contribution is 5.28. The Hall–Kier alpha value is -1.06. The molecule has 0 aromatic heterocycles. The number of rotatable bonds is 6. The lowest BCUT2D eigenvalue weighted by Crippen LogP contribution is -2.21. The summed E-state index contributed by atoms with van der Waals surface area (Å²) >= 11 is 0. The molecule has 106 valence electrons. The molecular weight excluding hydrogens is 238 g/mol. The van der Waals surface area contributed by atoms with E-state index in [2.05, 4.69) is 43.4 Å². The second kappa shape index (κ2) is 7.51. The fourth-order valence-electron chi connectivity index (χ4n) is 2.40. The van der Waals surface area contributed by atoms with Crippen molar-refractivity contribution in [3.8, 4) is 5.75 Å². The van der Waals surface area contributed by atoms with Gasteiger partial charge in [0.05, 0.1) is 6.61 Å². The lowest BCUT2D eigenvalue weighted by molar-refractivity contribution is 0.0497. The molecule has 1 aliphatic heterocycles. The van der Waals surface area contributed by atoms with Crippen molar-refractivity contribution in [3.05, 3.63) is 29.8 Å². The van der Waals surface area contributed by atoms with E-state index in [0.717, 1.165) is 45.0 Å². The molecule has 0 spiro atoms. The summed E-state index contributed by atoms with van der Waals surface area (Å²) in [7, 11) is 0. The van der Waals surface area contributed by atoms with Crippen molar-refractivity contribution in [2.75, 3.05) is 26.4 Å². The van der Waals surface area contributed by atoms with Crippen LogP contribution >= 0.6 is 0 Å². The van der Waals surface area contributed by atoms with Crippen LogP contribution in [0.2, 0.25) is 0 Å². The summed E-state index contributed by atoms with van der Waals surface area (Å²) in [4.78, 5) is 0. The van der Waals surface area contributed by atoms with Crippen molar-refractivity contribution >= 4 is 0 Å². The third kappa shape index (κ3) is 4.51. The molecule has 1 saturated heterocycles. The number of benzene rings is 1. The number of ether oxygens (including phenoxy) is 2. The molecule has 1 atom stereocenters. The molecule has 1 unspecified atom stereocenters. The lowest BCUT2D eigenvalue weighted by atomic mass is 10.0. The molecule has 1 heterocycles. The van der Waals surface area contributed by atoms with Crippen molar-refractivity contribution in [1.29, 1.82) is 0 Å². The maximum atomic E-state index is 5.86. The van der Waals surface area contributed by atoms with Gasteiger partial charge in [0.1, 0.15) is 5.75 Å². The molecule has 1 N–H and O–H groups in total. The first-order valence-corrected chi connectivity index (χ1v) is 7.33. The largest absolute Gasteiger partial charge is 0.493 e. The zero-order valence-corrected chi connectivity index (χ0v) is 12.0. The van der Waals surface area contributed by atoms with Crippen LogP contribution in [-0.2, 0) is 4.74 Å². The van der Waals surface area contributed by atoms with Crippen LogP contribution in [0, 0.1) is 5.92 Å². The van der Waals surface area contributed by atoms with E-state index in [-0.39, 0.29) is 0 Å². The minimum absolute atomic E-state index is 0.398. The Morgan fingerprint density at radius 2 is 1.95 bits per heavy atom. The first-order chi connectivity index (χ1) is 9.29. The second-order valence-electron chi connectivity index (χ2n) is 5.22. The first-order valence-electron chi connectivity index (χ1n) is 7.33. The van der Waals surface area contributed by atoms with Gasteiger partial charge in [-0.3, -0.25) is 0 Å². The predicted octanol–water partition coefficient (Wildman–Crippen LogP) is 3.16. The Balaban J connectivity index is 1.81. The Morgan fingerprint density at radius 1 is 1.26 bits per heavy atom. The standard InChI is InChI=1S/C16H25NO2/c1-3-17-13(2)15-4-6-16(7-5-15)19-12-14-8-10-18-11-9-14/h4-7,13-14,17H,3,8-12H2,1-2H3. The molecule has 1 aliphatic rings. The summed E-state index contributed by atoms with van der Waals surface area (Å²) in [5.41, 5.74) is 1.31. The minimum Gasteiger partial charge on any atom is -0.493 e. The third-order valence-electron chi connectivity index (χ3n) is 3.72. The van der Waals surface area contributed by atoms with E-state index in [4.69, 9.17) is 9.47 Å². The van der Waals surface area contributed by atoms with Crippen LogP contribution < -0.4 is 10.1 Å². The van der Waals surface area contributed by atoms with Gasteiger partial charge in [0.2, 0.25) is 0 Å². The molecule has 1 aromatic rings. The Bertz CT molecular complexity index is 358. The van der Waals surface area contributed by atoms with Crippen LogP contribution in [0.15, 0.2) is 24.3 Å². The molecule has 0 saturated carbocycles. The van der Waals surface area contributed by atoms with Crippen LogP contribution in [0.4, 0.5) is 0 Å². The Morgan fingerprint density at radius 3 is 2.58 bits per heavy atom. The molecule has 0 amide bonds. The number of nitrogens with one attached hydrogen (secondary N) is 1. The lowest BCUT2D eigenvalue weighted by Gasteiger charge is -2.22. The van der Waals surface area contributed by atoms with E-state index in [9.17, 15) is 0 Å². The molecule has 0 radical (unpaired) electrons. The van der Waals surface area contributed by atoms with Gasteiger partial charge in [0.15, 0.2) is 0 Å². The SMILES string of the molecule is CCNC(C)c1ccc(OCC2CCOCC2)cc1. The molecule has 1 aromatic carbocycles. The Kier molecular flexibility index (Phi) is 5.67. The molecule has 3 heteroatoms. The van der Waals surface area contributed by atoms with Gasteiger partial charge in [-0.05, 0) is 49.9 Å². The fourth-order valence-corrected chi connectivity index (χ4v) is 2.40. The first kappa shape index (κ1) is 14.4. The summed E-state index contributed by atoms with van der Waals surface area (Å²) in [5, 5.41) is 3.41. The summed E-state index contributed by atoms with van der Waals surface area (Å²) in [6, 6.07) is 8.83. The van der Waals surface area contributed by atoms with Crippen LogP contribution in [0.3, 0.4) is 0 Å². The molecule has 2 rings (SSSR count). The summed E-state index contributed by atoms with van der Waals surface area (Å²) in [5.74, 6) is 1.62. The topological polar surface area (TPSA) is 30.5 Å². The van der Waals surface area contributed by atoms with Crippen molar-refractivity contribution in [2.45, 2.75) is 32.7 Å². The van der Waals surface area contributed by atoms with Crippen LogP contribution in [0.25, 0.3) is 0 Å². The predicted molar refractivity (Wildman–Crippen MR) is 77.6 cm³/mol. The smallest absolute Gasteiger partial charge is 0.119 e. The van der Waals surface area contributed by atoms with Crippen LogP contribution in [-0.4, -0.2) is 26.4 Å². The van der Waals surface area contributed by atoms with Gasteiger partial charge in [-0.25, -0.2) is 0 Å². The van der Waals surface area contributed by atoms with Gasteiger partial charge in [0, 0.05) is 19.3 Å². The van der Waals surface area contributed by atoms with E-state index in [0.29, 0.717) is 12.0 Å². The van der Waals surface area contributed by atoms with E-state index in [1.54, 1.807) is 0 Å².